The molecule has 1 atom stereocenters. The largest absolute Gasteiger partial charge is 0.463 e. The molecule has 8 heteroatoms. The lowest BCUT2D eigenvalue weighted by atomic mass is 10.2. The molecule has 4 rings (SSSR count). The van der Waals surface area contributed by atoms with Gasteiger partial charge in [0.25, 0.3) is 5.56 Å². The van der Waals surface area contributed by atoms with E-state index in [1.807, 2.05) is 0 Å². The fourth-order valence-electron chi connectivity index (χ4n) is 3.14. The molecule has 4 aromatic rings. The minimum Gasteiger partial charge on any atom is -0.463 e. The van der Waals surface area contributed by atoms with E-state index < -0.39 is 23.3 Å². The summed E-state index contributed by atoms with van der Waals surface area (Å²) in [7, 11) is 0. The van der Waals surface area contributed by atoms with Gasteiger partial charge in [0.1, 0.15) is 23.7 Å². The first-order valence-corrected chi connectivity index (χ1v) is 8.57. The SMILES string of the molecule is CCC(C(=O)NCc1ccccc1F)n1ncn2c(cc3occc32)c1=O. The predicted octanol–water partition coefficient (Wildman–Crippen LogP) is 2.65. The summed E-state index contributed by atoms with van der Waals surface area (Å²) in [6.07, 6.45) is 3.39. The molecule has 1 amide bonds. The zero-order valence-electron chi connectivity index (χ0n) is 14.6. The van der Waals surface area contributed by atoms with E-state index in [4.69, 9.17) is 4.42 Å². The maximum absolute atomic E-state index is 13.7. The lowest BCUT2D eigenvalue weighted by Gasteiger charge is -2.17. The van der Waals surface area contributed by atoms with Gasteiger partial charge < -0.3 is 9.73 Å². The van der Waals surface area contributed by atoms with Crippen molar-refractivity contribution < 1.29 is 13.6 Å². The number of benzene rings is 1. The second kappa shape index (κ2) is 6.71. The maximum Gasteiger partial charge on any atom is 0.291 e. The number of rotatable bonds is 5. The van der Waals surface area contributed by atoms with Crippen LogP contribution in [0.15, 0.2) is 58.2 Å². The van der Waals surface area contributed by atoms with Gasteiger partial charge in [0.2, 0.25) is 5.91 Å². The standard InChI is InChI=1S/C19H17FN4O3/c1-2-14(18(25)21-10-12-5-3-4-6-13(12)20)24-19(26)16-9-17-15(7-8-27-17)23(16)11-22-24/h3-9,11,14H,2,10H2,1H3,(H,21,25). The molecular weight excluding hydrogens is 351 g/mol. The minimum absolute atomic E-state index is 0.0387. The Bertz CT molecular complexity index is 1190. The third kappa shape index (κ3) is 2.88. The number of hydrogen-bond acceptors (Lipinski definition) is 4. The number of carbonyl (C=O) groups is 1. The summed E-state index contributed by atoms with van der Waals surface area (Å²) >= 11 is 0. The van der Waals surface area contributed by atoms with Crippen LogP contribution >= 0.6 is 0 Å². The third-order valence-electron chi connectivity index (χ3n) is 4.57. The number of halogens is 1. The molecule has 0 spiro atoms. The van der Waals surface area contributed by atoms with E-state index in [9.17, 15) is 14.0 Å². The number of fused-ring (bicyclic) bond motifs is 3. The van der Waals surface area contributed by atoms with Crippen LogP contribution in [0.1, 0.15) is 24.9 Å². The van der Waals surface area contributed by atoms with Gasteiger partial charge >= 0.3 is 0 Å². The van der Waals surface area contributed by atoms with Gasteiger partial charge in [0, 0.05) is 24.2 Å². The molecule has 0 aliphatic rings. The fraction of sp³-hybridized carbons (Fsp3) is 0.211. The Morgan fingerprint density at radius 1 is 1.30 bits per heavy atom. The molecule has 0 saturated carbocycles. The Labute approximate surface area is 153 Å². The second-order valence-corrected chi connectivity index (χ2v) is 6.18. The van der Waals surface area contributed by atoms with Crippen molar-refractivity contribution in [1.82, 2.24) is 19.5 Å². The van der Waals surface area contributed by atoms with Crippen molar-refractivity contribution in [2.45, 2.75) is 25.9 Å². The van der Waals surface area contributed by atoms with Gasteiger partial charge in [-0.3, -0.25) is 14.0 Å². The molecule has 3 aromatic heterocycles. The molecule has 0 aliphatic heterocycles. The van der Waals surface area contributed by atoms with Crippen molar-refractivity contribution in [3.8, 4) is 0 Å². The average Bonchev–Trinajstić information content (AvgIpc) is 3.25. The van der Waals surface area contributed by atoms with Gasteiger partial charge in [0.15, 0.2) is 5.58 Å². The van der Waals surface area contributed by atoms with E-state index in [0.29, 0.717) is 23.1 Å². The molecule has 1 aromatic carbocycles. The van der Waals surface area contributed by atoms with Crippen LogP contribution in [0.3, 0.4) is 0 Å². The molecule has 0 aliphatic carbocycles. The number of hydrogen-bond donors (Lipinski definition) is 1. The lowest BCUT2D eigenvalue weighted by molar-refractivity contribution is -0.125. The van der Waals surface area contributed by atoms with Crippen molar-refractivity contribution in [1.29, 1.82) is 0 Å². The lowest BCUT2D eigenvalue weighted by Crippen LogP contribution is -2.38. The zero-order chi connectivity index (χ0) is 19.0. The normalized spacial score (nSPS) is 12.5. The van der Waals surface area contributed by atoms with E-state index in [2.05, 4.69) is 10.4 Å². The van der Waals surface area contributed by atoms with Crippen molar-refractivity contribution in [2.24, 2.45) is 0 Å². The molecule has 138 valence electrons. The summed E-state index contributed by atoms with van der Waals surface area (Å²) in [5, 5.41) is 6.85. The summed E-state index contributed by atoms with van der Waals surface area (Å²) < 4.78 is 21.8. The van der Waals surface area contributed by atoms with Crippen LogP contribution in [0.2, 0.25) is 0 Å². The molecule has 0 saturated heterocycles. The highest BCUT2D eigenvalue weighted by Crippen LogP contribution is 2.19. The first kappa shape index (κ1) is 17.0. The molecule has 0 radical (unpaired) electrons. The van der Waals surface area contributed by atoms with Crippen LogP contribution < -0.4 is 10.9 Å². The fourth-order valence-corrected chi connectivity index (χ4v) is 3.14. The number of aromatic nitrogens is 3. The summed E-state index contributed by atoms with van der Waals surface area (Å²) in [6, 6.07) is 8.79. The van der Waals surface area contributed by atoms with Gasteiger partial charge in [-0.1, -0.05) is 25.1 Å². The topological polar surface area (TPSA) is 81.5 Å². The molecule has 1 unspecified atom stereocenters. The Balaban J connectivity index is 1.63. The monoisotopic (exact) mass is 368 g/mol. The van der Waals surface area contributed by atoms with Gasteiger partial charge in [0.05, 0.1) is 11.8 Å². The number of amides is 1. The highest BCUT2D eigenvalue weighted by molar-refractivity contribution is 5.82. The molecule has 1 N–H and O–H groups in total. The number of nitrogens with zero attached hydrogens (tertiary/aromatic N) is 3. The van der Waals surface area contributed by atoms with Gasteiger partial charge in [-0.05, 0) is 12.5 Å². The summed E-state index contributed by atoms with van der Waals surface area (Å²) in [6.45, 7) is 1.83. The summed E-state index contributed by atoms with van der Waals surface area (Å²) in [4.78, 5) is 25.4. The van der Waals surface area contributed by atoms with E-state index in [-0.39, 0.29) is 6.54 Å². The molecule has 7 nitrogen and oxygen atoms in total. The average molecular weight is 368 g/mol. The predicted molar refractivity (Wildman–Crippen MR) is 96.8 cm³/mol. The van der Waals surface area contributed by atoms with Crippen LogP contribution in [0, 0.1) is 5.82 Å². The highest BCUT2D eigenvalue weighted by atomic mass is 19.1. The number of nitrogens with one attached hydrogen (secondary N) is 1. The first-order valence-electron chi connectivity index (χ1n) is 8.57. The van der Waals surface area contributed by atoms with E-state index in [0.717, 1.165) is 10.2 Å². The van der Waals surface area contributed by atoms with Gasteiger partial charge in [-0.2, -0.15) is 5.10 Å². The van der Waals surface area contributed by atoms with Crippen molar-refractivity contribution in [3.05, 3.63) is 70.7 Å². The molecule has 3 heterocycles. The molecule has 0 fully saturated rings. The Kier molecular flexibility index (Phi) is 4.23. The van der Waals surface area contributed by atoms with E-state index in [1.54, 1.807) is 41.7 Å². The smallest absolute Gasteiger partial charge is 0.291 e. The zero-order valence-corrected chi connectivity index (χ0v) is 14.6. The summed E-state index contributed by atoms with van der Waals surface area (Å²) in [5.41, 5.74) is 1.67. The number of furan rings is 1. The number of carbonyl (C=O) groups excluding carboxylic acids is 1. The molecular formula is C19H17FN4O3. The van der Waals surface area contributed by atoms with Crippen LogP contribution in [-0.4, -0.2) is 20.1 Å². The van der Waals surface area contributed by atoms with Crippen LogP contribution in [0.25, 0.3) is 16.6 Å². The van der Waals surface area contributed by atoms with Crippen LogP contribution in [-0.2, 0) is 11.3 Å². The maximum atomic E-state index is 13.7. The van der Waals surface area contributed by atoms with Crippen LogP contribution in [0.4, 0.5) is 4.39 Å². The van der Waals surface area contributed by atoms with Gasteiger partial charge in [-0.25, -0.2) is 9.07 Å². The van der Waals surface area contributed by atoms with Crippen molar-refractivity contribution in [3.63, 3.8) is 0 Å². The Hall–Kier alpha value is -3.42. The van der Waals surface area contributed by atoms with Gasteiger partial charge in [-0.15, -0.1) is 0 Å². The Morgan fingerprint density at radius 2 is 2.11 bits per heavy atom. The first-order chi connectivity index (χ1) is 13.1. The third-order valence-corrected chi connectivity index (χ3v) is 4.57. The Morgan fingerprint density at radius 3 is 2.89 bits per heavy atom. The van der Waals surface area contributed by atoms with Crippen molar-refractivity contribution in [2.75, 3.05) is 0 Å². The van der Waals surface area contributed by atoms with E-state index in [1.165, 1.54) is 18.7 Å². The van der Waals surface area contributed by atoms with Crippen LogP contribution in [0.5, 0.6) is 0 Å². The quantitative estimate of drug-likeness (QED) is 0.587. The van der Waals surface area contributed by atoms with Crippen molar-refractivity contribution >= 4 is 22.5 Å². The second-order valence-electron chi connectivity index (χ2n) is 6.18. The summed E-state index contributed by atoms with van der Waals surface area (Å²) in [5.74, 6) is -0.784. The molecule has 27 heavy (non-hydrogen) atoms. The molecule has 0 bridgehead atoms. The highest BCUT2D eigenvalue weighted by Gasteiger charge is 2.22. The van der Waals surface area contributed by atoms with E-state index >= 15 is 0 Å². The minimum atomic E-state index is -0.796.